The minimum atomic E-state index is -0.528. The van der Waals surface area contributed by atoms with Crippen LogP contribution in [0, 0.1) is 5.82 Å². The molecule has 0 saturated carbocycles. The minimum Gasteiger partial charge on any atom is -0.491 e. The molecule has 1 aliphatic rings. The molecule has 4 aromatic rings. The number of hydrogen-bond acceptors (Lipinski definition) is 5. The number of benzene rings is 3. The van der Waals surface area contributed by atoms with Crippen LogP contribution in [0.4, 0.5) is 4.39 Å². The molecule has 5 rings (SSSR count). The van der Waals surface area contributed by atoms with Crippen molar-refractivity contribution in [3.05, 3.63) is 112 Å². The van der Waals surface area contributed by atoms with Crippen LogP contribution in [0.3, 0.4) is 0 Å². The third kappa shape index (κ3) is 6.29. The lowest BCUT2D eigenvalue weighted by Crippen LogP contribution is -2.42. The molecule has 204 valence electrons. The molecule has 2 bridgehead atoms. The number of nitrogens with zero attached hydrogens (tertiary/aromatic N) is 4. The SMILES string of the molecule is CN1CCN(C(=O)Cc2c(F)cccc2Cl)CCOc2ccc(-c3cncnc3)cc2Cc2cccc(c2)C1=O. The average Bonchev–Trinajstić information content (AvgIpc) is 2.97. The second kappa shape index (κ2) is 12.3. The van der Waals surface area contributed by atoms with E-state index in [0.29, 0.717) is 24.3 Å². The summed E-state index contributed by atoms with van der Waals surface area (Å²) >= 11 is 6.18. The normalized spacial score (nSPS) is 14.2. The molecule has 0 radical (unpaired) electrons. The van der Waals surface area contributed by atoms with E-state index in [1.54, 1.807) is 41.4 Å². The highest BCUT2D eigenvalue weighted by Crippen LogP contribution is 2.29. The van der Waals surface area contributed by atoms with Crippen molar-refractivity contribution in [2.24, 2.45) is 0 Å². The summed E-state index contributed by atoms with van der Waals surface area (Å²) in [6.07, 6.45) is 5.33. The van der Waals surface area contributed by atoms with Gasteiger partial charge in [-0.2, -0.15) is 0 Å². The second-order valence-electron chi connectivity index (χ2n) is 9.66. The molecule has 7 nitrogen and oxygen atoms in total. The van der Waals surface area contributed by atoms with Crippen molar-refractivity contribution >= 4 is 23.4 Å². The van der Waals surface area contributed by atoms with E-state index < -0.39 is 5.82 Å². The number of rotatable bonds is 3. The van der Waals surface area contributed by atoms with Gasteiger partial charge in [-0.25, -0.2) is 14.4 Å². The van der Waals surface area contributed by atoms with Gasteiger partial charge in [0.05, 0.1) is 13.0 Å². The lowest BCUT2D eigenvalue weighted by Gasteiger charge is -2.27. The molecule has 9 heteroatoms. The summed E-state index contributed by atoms with van der Waals surface area (Å²) in [6.45, 7) is 1.04. The lowest BCUT2D eigenvalue weighted by molar-refractivity contribution is -0.131. The third-order valence-electron chi connectivity index (χ3n) is 6.94. The lowest BCUT2D eigenvalue weighted by atomic mass is 9.98. The molecule has 2 heterocycles. The summed E-state index contributed by atoms with van der Waals surface area (Å²) in [5.41, 5.74) is 4.42. The van der Waals surface area contributed by atoms with Crippen molar-refractivity contribution in [3.8, 4) is 16.9 Å². The summed E-state index contributed by atoms with van der Waals surface area (Å²) in [4.78, 5) is 38.0. The van der Waals surface area contributed by atoms with Crippen molar-refractivity contribution in [3.63, 3.8) is 0 Å². The topological polar surface area (TPSA) is 75.6 Å². The van der Waals surface area contributed by atoms with E-state index in [1.165, 1.54) is 18.5 Å². The molecule has 2 amide bonds. The maximum Gasteiger partial charge on any atom is 0.253 e. The first-order chi connectivity index (χ1) is 19.4. The number of halogens is 2. The monoisotopic (exact) mass is 558 g/mol. The Bertz CT molecular complexity index is 1510. The van der Waals surface area contributed by atoms with Crippen LogP contribution in [0.25, 0.3) is 11.1 Å². The maximum atomic E-state index is 14.4. The number of aromatic nitrogens is 2. The van der Waals surface area contributed by atoms with Crippen LogP contribution in [0.2, 0.25) is 5.02 Å². The van der Waals surface area contributed by atoms with Crippen LogP contribution in [-0.2, 0) is 17.6 Å². The van der Waals surface area contributed by atoms with Crippen molar-refractivity contribution in [1.82, 2.24) is 19.8 Å². The number of fused-ring (bicyclic) bond motifs is 3. The molecule has 0 aliphatic carbocycles. The number of hydrogen-bond donors (Lipinski definition) is 0. The van der Waals surface area contributed by atoms with Crippen LogP contribution in [-0.4, -0.2) is 64.9 Å². The summed E-state index contributed by atoms with van der Waals surface area (Å²) in [5.74, 6) is -0.295. The van der Waals surface area contributed by atoms with Crippen molar-refractivity contribution < 1.29 is 18.7 Å². The number of amides is 2. The Hall–Kier alpha value is -4.30. The zero-order valence-corrected chi connectivity index (χ0v) is 22.8. The first-order valence-electron chi connectivity index (χ1n) is 12.9. The Morgan fingerprint density at radius 3 is 2.58 bits per heavy atom. The zero-order chi connectivity index (χ0) is 28.1. The van der Waals surface area contributed by atoms with Crippen molar-refractivity contribution in [2.45, 2.75) is 12.8 Å². The fourth-order valence-corrected chi connectivity index (χ4v) is 4.93. The van der Waals surface area contributed by atoms with Crippen molar-refractivity contribution in [1.29, 1.82) is 0 Å². The van der Waals surface area contributed by atoms with E-state index in [2.05, 4.69) is 9.97 Å². The molecule has 3 aromatic carbocycles. The van der Waals surface area contributed by atoms with Gasteiger partial charge in [0.25, 0.3) is 5.91 Å². The predicted molar refractivity (Wildman–Crippen MR) is 151 cm³/mol. The minimum absolute atomic E-state index is 0.143. The van der Waals surface area contributed by atoms with Gasteiger partial charge in [-0.1, -0.05) is 35.9 Å². The van der Waals surface area contributed by atoms with E-state index in [-0.39, 0.29) is 48.5 Å². The maximum absolute atomic E-state index is 14.4. The van der Waals surface area contributed by atoms with Crippen molar-refractivity contribution in [2.75, 3.05) is 33.3 Å². The van der Waals surface area contributed by atoms with Crippen LogP contribution in [0.5, 0.6) is 5.75 Å². The van der Waals surface area contributed by atoms with Gasteiger partial charge in [0.15, 0.2) is 0 Å². The molecule has 0 N–H and O–H groups in total. The first-order valence-corrected chi connectivity index (χ1v) is 13.3. The Morgan fingerprint density at radius 2 is 1.77 bits per heavy atom. The molecule has 0 saturated heterocycles. The van der Waals surface area contributed by atoms with Gasteiger partial charge in [0.2, 0.25) is 5.91 Å². The quantitative estimate of drug-likeness (QED) is 0.351. The van der Waals surface area contributed by atoms with Crippen LogP contribution in [0.15, 0.2) is 79.4 Å². The van der Waals surface area contributed by atoms with Crippen LogP contribution < -0.4 is 4.74 Å². The smallest absolute Gasteiger partial charge is 0.253 e. The molecular formula is C31H28ClFN4O3. The Morgan fingerprint density at radius 1 is 0.975 bits per heavy atom. The van der Waals surface area contributed by atoms with E-state index in [0.717, 1.165) is 22.3 Å². The number of carbonyl (C=O) groups is 2. The Kier molecular flexibility index (Phi) is 8.36. The molecule has 40 heavy (non-hydrogen) atoms. The van der Waals surface area contributed by atoms with E-state index >= 15 is 0 Å². The summed E-state index contributed by atoms with van der Waals surface area (Å²) in [5, 5.41) is 0.201. The number of likely N-dealkylation sites (N-methyl/N-ethyl adjacent to an activating group) is 1. The van der Waals surface area contributed by atoms with Gasteiger partial charge in [-0.15, -0.1) is 0 Å². The number of ether oxygens (including phenoxy) is 1. The zero-order valence-electron chi connectivity index (χ0n) is 22.0. The molecule has 0 unspecified atom stereocenters. The fourth-order valence-electron chi connectivity index (χ4n) is 4.70. The molecule has 1 aromatic heterocycles. The van der Waals surface area contributed by atoms with Crippen LogP contribution >= 0.6 is 11.6 Å². The Balaban J connectivity index is 1.46. The second-order valence-corrected chi connectivity index (χ2v) is 10.1. The van der Waals surface area contributed by atoms with Gasteiger partial charge >= 0.3 is 0 Å². The molecular weight excluding hydrogens is 531 g/mol. The largest absolute Gasteiger partial charge is 0.491 e. The van der Waals surface area contributed by atoms with Gasteiger partial charge < -0.3 is 14.5 Å². The number of carbonyl (C=O) groups excluding carboxylic acids is 2. The van der Waals surface area contributed by atoms with Crippen LogP contribution in [0.1, 0.15) is 27.0 Å². The summed E-state index contributed by atoms with van der Waals surface area (Å²) < 4.78 is 20.6. The van der Waals surface area contributed by atoms with Gasteiger partial charge in [0.1, 0.15) is 24.5 Å². The standard InChI is InChI=1S/C31H28ClFN4O3/c1-36-10-11-37(30(38)17-26-27(32)6-3-7-28(26)33)12-13-40-29-9-8-22(25-18-34-20-35-19-25)16-24(29)15-21-4-2-5-23(14-21)31(36)39/h2-9,14,16,18-20H,10-13,15,17H2,1H3. The van der Waals surface area contributed by atoms with E-state index in [9.17, 15) is 14.0 Å². The molecule has 0 atom stereocenters. The average molecular weight is 559 g/mol. The molecule has 0 fully saturated rings. The third-order valence-corrected chi connectivity index (χ3v) is 7.29. The Labute approximate surface area is 237 Å². The van der Waals surface area contributed by atoms with Gasteiger partial charge in [-0.3, -0.25) is 9.59 Å². The highest BCUT2D eigenvalue weighted by atomic mass is 35.5. The van der Waals surface area contributed by atoms with E-state index in [4.69, 9.17) is 16.3 Å². The molecule has 0 spiro atoms. The van der Waals surface area contributed by atoms with Gasteiger partial charge in [0, 0.05) is 60.7 Å². The first kappa shape index (κ1) is 27.3. The van der Waals surface area contributed by atoms with E-state index in [1.807, 2.05) is 36.4 Å². The highest BCUT2D eigenvalue weighted by molar-refractivity contribution is 6.31. The van der Waals surface area contributed by atoms with Gasteiger partial charge in [-0.05, 0) is 53.1 Å². The summed E-state index contributed by atoms with van der Waals surface area (Å²) in [6, 6.07) is 17.7. The highest BCUT2D eigenvalue weighted by Gasteiger charge is 2.21. The summed E-state index contributed by atoms with van der Waals surface area (Å²) in [7, 11) is 1.71. The molecule has 1 aliphatic heterocycles. The predicted octanol–water partition coefficient (Wildman–Crippen LogP) is 5.06. The fraction of sp³-hybridized carbons (Fsp3) is 0.226.